The molecule has 0 saturated carbocycles. The van der Waals surface area contributed by atoms with E-state index < -0.39 is 0 Å². The van der Waals surface area contributed by atoms with Gasteiger partial charge in [0.2, 0.25) is 0 Å². The van der Waals surface area contributed by atoms with Crippen LogP contribution in [-0.2, 0) is 0 Å². The molecule has 94 valence electrons. The van der Waals surface area contributed by atoms with Gasteiger partial charge in [-0.2, -0.15) is 0 Å². The van der Waals surface area contributed by atoms with Gasteiger partial charge < -0.3 is 0 Å². The van der Waals surface area contributed by atoms with Crippen molar-refractivity contribution in [3.05, 3.63) is 49.9 Å². The summed E-state index contributed by atoms with van der Waals surface area (Å²) in [5.41, 5.74) is 3.58. The van der Waals surface area contributed by atoms with Gasteiger partial charge in [-0.15, -0.1) is 0 Å². The van der Waals surface area contributed by atoms with Crippen LogP contribution < -0.4 is 0 Å². The van der Waals surface area contributed by atoms with E-state index >= 15 is 0 Å². The second-order valence-electron chi connectivity index (χ2n) is 3.80. The number of hydrogen-bond donors (Lipinski definition) is 0. The Labute approximate surface area is 160 Å². The van der Waals surface area contributed by atoms with E-state index in [1.54, 1.807) is 12.1 Å². The summed E-state index contributed by atoms with van der Waals surface area (Å²) in [6.45, 7) is 2.11. The van der Waals surface area contributed by atoms with Gasteiger partial charge in [-0.3, -0.25) is 0 Å². The predicted octanol–water partition coefficient (Wildman–Crippen LogP) is 6.22. The summed E-state index contributed by atoms with van der Waals surface area (Å²) in [5.74, 6) is -0.177. The van der Waals surface area contributed by atoms with Gasteiger partial charge in [0.1, 0.15) is 5.82 Å². The van der Waals surface area contributed by atoms with E-state index in [0.29, 0.717) is 0 Å². The lowest BCUT2D eigenvalue weighted by Gasteiger charge is -2.13. The summed E-state index contributed by atoms with van der Waals surface area (Å²) < 4.78 is 17.8. The van der Waals surface area contributed by atoms with Gasteiger partial charge in [0, 0.05) is 19.8 Å². The Bertz CT molecular complexity index is 600. The Kier molecular flexibility index (Phi) is 5.55. The number of rotatable bonds is 1. The molecule has 0 saturated heterocycles. The number of hydrogen-bond acceptors (Lipinski definition) is 0. The van der Waals surface area contributed by atoms with Crippen molar-refractivity contribution in [3.63, 3.8) is 0 Å². The lowest BCUT2D eigenvalue weighted by atomic mass is 10.0. The zero-order valence-electron chi connectivity index (χ0n) is 9.20. The van der Waals surface area contributed by atoms with Crippen molar-refractivity contribution in [2.45, 2.75) is 6.92 Å². The van der Waals surface area contributed by atoms with E-state index in [9.17, 15) is 4.39 Å². The van der Waals surface area contributed by atoms with Gasteiger partial charge in [-0.1, -0.05) is 12.1 Å². The number of aryl methyl sites for hydroxylation is 1. The topological polar surface area (TPSA) is 0 Å². The Morgan fingerprint density at radius 3 is 2.00 bits per heavy atom. The summed E-state index contributed by atoms with van der Waals surface area (Å²) in [5, 5.41) is 0. The maximum Gasteiger partial charge on any atom is 0.125 e. The lowest BCUT2D eigenvalue weighted by Crippen LogP contribution is -1.95. The molecule has 0 bridgehead atoms. The molecule has 0 aromatic heterocycles. The Balaban J connectivity index is 2.74. The van der Waals surface area contributed by atoms with Gasteiger partial charge in [0.05, 0.1) is 0 Å². The van der Waals surface area contributed by atoms with Crippen molar-refractivity contribution in [1.29, 1.82) is 0 Å². The fraction of sp³-hybridized carbons (Fsp3) is 0.0769. The van der Waals surface area contributed by atoms with Crippen LogP contribution in [-0.4, -0.2) is 0 Å². The largest absolute Gasteiger partial charge is 0.207 e. The monoisotopic (exact) mass is 690 g/mol. The summed E-state index contributed by atoms with van der Waals surface area (Å²) in [7, 11) is 0. The van der Waals surface area contributed by atoms with E-state index in [1.165, 1.54) is 18.3 Å². The molecule has 0 atom stereocenters. The fourth-order valence-electron chi connectivity index (χ4n) is 1.64. The molecule has 0 aliphatic carbocycles. The van der Waals surface area contributed by atoms with Gasteiger partial charge in [0.25, 0.3) is 0 Å². The van der Waals surface area contributed by atoms with Crippen LogP contribution in [0.4, 0.5) is 4.39 Å². The van der Waals surface area contributed by atoms with Crippen LogP contribution >= 0.6 is 90.4 Å². The van der Waals surface area contributed by atoms with Crippen LogP contribution in [0.1, 0.15) is 5.56 Å². The Morgan fingerprint density at radius 1 is 0.889 bits per heavy atom. The molecule has 0 radical (unpaired) electrons. The minimum absolute atomic E-state index is 0.177. The van der Waals surface area contributed by atoms with Crippen molar-refractivity contribution >= 4 is 90.4 Å². The van der Waals surface area contributed by atoms with Crippen LogP contribution in [0.5, 0.6) is 0 Å². The average molecular weight is 690 g/mol. The highest BCUT2D eigenvalue weighted by molar-refractivity contribution is 14.1. The zero-order valence-corrected chi connectivity index (χ0v) is 17.8. The summed E-state index contributed by atoms with van der Waals surface area (Å²) in [4.78, 5) is 0. The highest BCUT2D eigenvalue weighted by Crippen LogP contribution is 2.36. The molecule has 0 amide bonds. The lowest BCUT2D eigenvalue weighted by molar-refractivity contribution is 0.626. The summed E-state index contributed by atoms with van der Waals surface area (Å²) in [6.07, 6.45) is 0. The minimum Gasteiger partial charge on any atom is -0.207 e. The Morgan fingerprint density at radius 2 is 1.44 bits per heavy atom. The number of halogens is 5. The Hall–Kier alpha value is 1.29. The van der Waals surface area contributed by atoms with E-state index in [-0.39, 0.29) is 5.82 Å². The first-order valence-electron chi connectivity index (χ1n) is 5.01. The molecule has 2 aromatic carbocycles. The maximum absolute atomic E-state index is 13.4. The van der Waals surface area contributed by atoms with Crippen LogP contribution in [0, 0.1) is 27.0 Å². The van der Waals surface area contributed by atoms with Gasteiger partial charge in [0.15, 0.2) is 0 Å². The average Bonchev–Trinajstić information content (AvgIpc) is 2.28. The molecule has 0 spiro atoms. The van der Waals surface area contributed by atoms with Gasteiger partial charge >= 0.3 is 0 Å². The highest BCUT2D eigenvalue weighted by Gasteiger charge is 2.15. The second-order valence-corrected chi connectivity index (χ2v) is 8.28. The van der Waals surface area contributed by atoms with Crippen LogP contribution in [0.15, 0.2) is 24.3 Å². The molecular weight excluding hydrogens is 683 g/mol. The van der Waals surface area contributed by atoms with Crippen molar-refractivity contribution < 1.29 is 4.39 Å². The van der Waals surface area contributed by atoms with Crippen LogP contribution in [0.3, 0.4) is 0 Å². The predicted molar refractivity (Wildman–Crippen MR) is 107 cm³/mol. The molecule has 0 aliphatic heterocycles. The smallest absolute Gasteiger partial charge is 0.125 e. The third-order valence-corrected chi connectivity index (χ3v) is 7.80. The van der Waals surface area contributed by atoms with Gasteiger partial charge in [-0.05, 0) is 121 Å². The molecule has 0 N–H and O–H groups in total. The van der Waals surface area contributed by atoms with Crippen LogP contribution in [0.2, 0.25) is 0 Å². The second kappa shape index (κ2) is 6.37. The van der Waals surface area contributed by atoms with Crippen molar-refractivity contribution in [2.75, 3.05) is 0 Å². The number of benzene rings is 2. The molecule has 0 heterocycles. The summed E-state index contributed by atoms with van der Waals surface area (Å²) in [6, 6.07) is 7.41. The third kappa shape index (κ3) is 3.13. The SMILES string of the molecule is Cc1ccc(-c2c(I)cc(F)cc2I)c(I)c1I. The first-order chi connectivity index (χ1) is 8.41. The quantitative estimate of drug-likeness (QED) is 0.312. The van der Waals surface area contributed by atoms with Crippen LogP contribution in [0.25, 0.3) is 11.1 Å². The van der Waals surface area contributed by atoms with E-state index in [4.69, 9.17) is 0 Å². The van der Waals surface area contributed by atoms with Crippen molar-refractivity contribution in [1.82, 2.24) is 0 Å². The fourth-order valence-corrected chi connectivity index (χ4v) is 5.26. The van der Waals surface area contributed by atoms with Crippen molar-refractivity contribution in [3.8, 4) is 11.1 Å². The minimum atomic E-state index is -0.177. The first kappa shape index (κ1) is 15.7. The van der Waals surface area contributed by atoms with Crippen molar-refractivity contribution in [2.24, 2.45) is 0 Å². The third-order valence-electron chi connectivity index (χ3n) is 2.55. The highest BCUT2D eigenvalue weighted by atomic mass is 127. The molecular formula is C13H7FI4. The van der Waals surface area contributed by atoms with Gasteiger partial charge in [-0.25, -0.2) is 4.39 Å². The normalized spacial score (nSPS) is 10.8. The molecule has 0 fully saturated rings. The van der Waals surface area contributed by atoms with E-state index in [1.807, 2.05) is 0 Å². The molecule has 5 heteroatoms. The molecule has 2 aromatic rings. The summed E-state index contributed by atoms with van der Waals surface area (Å²) >= 11 is 9.14. The first-order valence-corrected chi connectivity index (χ1v) is 9.33. The molecule has 2 rings (SSSR count). The zero-order chi connectivity index (χ0) is 13.4. The molecule has 0 aliphatic rings. The standard InChI is InChI=1S/C13H7FI4/c1-6-2-3-8(13(18)12(6)17)11-9(15)4-7(14)5-10(11)16/h2-5H,1H3. The van der Waals surface area contributed by atoms with E-state index in [2.05, 4.69) is 109 Å². The maximum atomic E-state index is 13.4. The molecule has 0 nitrogen and oxygen atoms in total. The molecule has 18 heavy (non-hydrogen) atoms. The van der Waals surface area contributed by atoms with E-state index in [0.717, 1.165) is 12.7 Å². The molecule has 0 unspecified atom stereocenters.